The monoisotopic (exact) mass is 603 g/mol. The quantitative estimate of drug-likeness (QED) is 0.284. The summed E-state index contributed by atoms with van der Waals surface area (Å²) < 4.78 is 38.9. The number of amides is 2. The van der Waals surface area contributed by atoms with Gasteiger partial charge in [-0.05, 0) is 41.8 Å². The fraction of sp³-hybridized carbons (Fsp3) is 0.250. The van der Waals surface area contributed by atoms with Crippen molar-refractivity contribution in [2.75, 3.05) is 19.0 Å². The number of hydrogen-bond donors (Lipinski definition) is 3. The highest BCUT2D eigenvalue weighted by Crippen LogP contribution is 2.37. The van der Waals surface area contributed by atoms with Gasteiger partial charge in [-0.25, -0.2) is 13.6 Å². The van der Waals surface area contributed by atoms with E-state index in [2.05, 4.69) is 16.0 Å². The number of methoxy groups -OCH3 is 1. The van der Waals surface area contributed by atoms with Gasteiger partial charge in [-0.2, -0.15) is 0 Å². The zero-order valence-electron chi connectivity index (χ0n) is 24.6. The molecule has 4 aromatic rings. The topological polar surface area (TPSA) is 123 Å². The molecule has 0 spiro atoms. The number of nitrogens with one attached hydrogen (secondary N) is 3. The number of benzene rings is 3. The largest absolute Gasteiger partial charge is 0.496 e. The van der Waals surface area contributed by atoms with Crippen LogP contribution in [0.3, 0.4) is 0 Å². The molecule has 3 N–H and O–H groups in total. The van der Waals surface area contributed by atoms with E-state index in [1.54, 1.807) is 43.3 Å². The average Bonchev–Trinajstić information content (AvgIpc) is 3.43. The fourth-order valence-electron chi connectivity index (χ4n) is 5.30. The molecule has 44 heavy (non-hydrogen) atoms. The minimum Gasteiger partial charge on any atom is -0.496 e. The van der Waals surface area contributed by atoms with Crippen LogP contribution in [0, 0.1) is 18.6 Å². The van der Waals surface area contributed by atoms with Gasteiger partial charge in [0, 0.05) is 68.2 Å². The van der Waals surface area contributed by atoms with Crippen LogP contribution in [-0.4, -0.2) is 40.6 Å². The number of rotatable bonds is 8. The second-order valence-electron chi connectivity index (χ2n) is 10.6. The van der Waals surface area contributed by atoms with Crippen molar-refractivity contribution in [1.82, 2.24) is 19.8 Å². The summed E-state index contributed by atoms with van der Waals surface area (Å²) >= 11 is 0. The van der Waals surface area contributed by atoms with Gasteiger partial charge >= 0.3 is 5.69 Å². The number of aryl methyl sites for hydroxylation is 1. The van der Waals surface area contributed by atoms with Gasteiger partial charge in [-0.1, -0.05) is 30.3 Å². The summed E-state index contributed by atoms with van der Waals surface area (Å²) in [5.74, 6) is -1.74. The van der Waals surface area contributed by atoms with E-state index in [0.717, 1.165) is 9.13 Å². The lowest BCUT2D eigenvalue weighted by Gasteiger charge is -2.17. The van der Waals surface area contributed by atoms with Gasteiger partial charge in [0.25, 0.3) is 11.5 Å². The number of halogens is 2. The molecule has 0 saturated carbocycles. The van der Waals surface area contributed by atoms with Crippen LogP contribution < -0.4 is 31.9 Å². The molecule has 0 radical (unpaired) electrons. The molecule has 1 aliphatic rings. The van der Waals surface area contributed by atoms with Crippen LogP contribution in [0.1, 0.15) is 27.9 Å². The van der Waals surface area contributed by atoms with Gasteiger partial charge in [-0.15, -0.1) is 0 Å². The number of carbonyl (C=O) groups is 2. The summed E-state index contributed by atoms with van der Waals surface area (Å²) in [6, 6.07) is 12.4. The van der Waals surface area contributed by atoms with Crippen LogP contribution in [0.2, 0.25) is 0 Å². The summed E-state index contributed by atoms with van der Waals surface area (Å²) in [5, 5.41) is 8.57. The lowest BCUT2D eigenvalue weighted by molar-refractivity contribution is -0.119. The van der Waals surface area contributed by atoms with Crippen LogP contribution in [0.15, 0.2) is 64.3 Å². The molecule has 5 rings (SSSR count). The van der Waals surface area contributed by atoms with Crippen molar-refractivity contribution < 1.29 is 23.1 Å². The molecule has 2 heterocycles. The Morgan fingerprint density at radius 3 is 2.45 bits per heavy atom. The van der Waals surface area contributed by atoms with Gasteiger partial charge < -0.3 is 25.3 Å². The average molecular weight is 604 g/mol. The molecule has 228 valence electrons. The fourth-order valence-corrected chi connectivity index (χ4v) is 5.30. The molecule has 0 bridgehead atoms. The normalized spacial score (nSPS) is 14.4. The molecule has 12 heteroatoms. The number of ether oxygens (including phenoxy) is 1. The molecule has 1 saturated heterocycles. The first-order valence-electron chi connectivity index (χ1n) is 13.8. The highest BCUT2D eigenvalue weighted by Gasteiger charge is 2.23. The van der Waals surface area contributed by atoms with Crippen molar-refractivity contribution in [3.8, 4) is 28.0 Å². The van der Waals surface area contributed by atoms with Gasteiger partial charge in [0.15, 0.2) is 0 Å². The van der Waals surface area contributed by atoms with E-state index in [4.69, 9.17) is 4.74 Å². The Kier molecular flexibility index (Phi) is 8.45. The second-order valence-corrected chi connectivity index (χ2v) is 10.6. The van der Waals surface area contributed by atoms with Crippen molar-refractivity contribution >= 4 is 17.5 Å². The first-order chi connectivity index (χ1) is 21.0. The zero-order chi connectivity index (χ0) is 31.7. The minimum absolute atomic E-state index is 0.0705. The summed E-state index contributed by atoms with van der Waals surface area (Å²) in [4.78, 5) is 49.1. The third kappa shape index (κ3) is 5.76. The summed E-state index contributed by atoms with van der Waals surface area (Å²) in [7, 11) is 4.12. The maximum atomic E-state index is 16.1. The molecule has 1 aliphatic heterocycles. The molecule has 2 amide bonds. The smallest absolute Gasteiger partial charge is 0.330 e. The Morgan fingerprint density at radius 2 is 1.75 bits per heavy atom. The Bertz CT molecular complexity index is 1920. The summed E-state index contributed by atoms with van der Waals surface area (Å²) in [5.41, 5.74) is 0.716. The Morgan fingerprint density at radius 1 is 1.05 bits per heavy atom. The molecular formula is C32H31F2N5O5. The highest BCUT2D eigenvalue weighted by molar-refractivity contribution is 6.04. The van der Waals surface area contributed by atoms with Crippen LogP contribution in [0.5, 0.6) is 5.75 Å². The van der Waals surface area contributed by atoms with E-state index in [1.807, 2.05) is 0 Å². The van der Waals surface area contributed by atoms with Gasteiger partial charge in [0.05, 0.1) is 7.11 Å². The Hall–Kier alpha value is -5.10. The minimum atomic E-state index is -0.742. The van der Waals surface area contributed by atoms with Crippen molar-refractivity contribution in [2.45, 2.75) is 25.9 Å². The number of carbonyl (C=O) groups excluding carboxylic acids is 2. The lowest BCUT2D eigenvalue weighted by atomic mass is 9.94. The number of hydrogen-bond acceptors (Lipinski definition) is 6. The Labute approximate surface area is 251 Å². The van der Waals surface area contributed by atoms with Crippen LogP contribution in [0.4, 0.5) is 14.5 Å². The lowest BCUT2D eigenvalue weighted by Crippen LogP contribution is -2.40. The van der Waals surface area contributed by atoms with Crippen molar-refractivity contribution in [1.29, 1.82) is 0 Å². The maximum Gasteiger partial charge on any atom is 0.330 e. The van der Waals surface area contributed by atoms with Crippen molar-refractivity contribution in [2.24, 2.45) is 14.1 Å². The van der Waals surface area contributed by atoms with Gasteiger partial charge in [0.1, 0.15) is 22.9 Å². The molecule has 1 aromatic heterocycles. The van der Waals surface area contributed by atoms with E-state index >= 15 is 8.78 Å². The van der Waals surface area contributed by atoms with E-state index in [1.165, 1.54) is 39.5 Å². The zero-order valence-corrected chi connectivity index (χ0v) is 24.6. The number of nitrogens with zero attached hydrogens (tertiary/aromatic N) is 2. The van der Waals surface area contributed by atoms with Gasteiger partial charge in [0.2, 0.25) is 5.91 Å². The van der Waals surface area contributed by atoms with E-state index in [0.29, 0.717) is 29.8 Å². The first-order valence-corrected chi connectivity index (χ1v) is 13.8. The third-order valence-corrected chi connectivity index (χ3v) is 7.79. The number of anilines is 1. The molecule has 3 aromatic carbocycles. The van der Waals surface area contributed by atoms with Crippen molar-refractivity contribution in [3.05, 3.63) is 104 Å². The molecular weight excluding hydrogens is 572 g/mol. The predicted octanol–water partition coefficient (Wildman–Crippen LogP) is 3.24. The standard InChI is InChI=1S/C32H31F2N5O5/c1-17-20(7-6-10-26(17)37-30(41)24-16-38(2)32(43)39(3)31(24)42)22-9-5-8-21(29(22)34)18-11-25(33)23(27(12-18)44-4)15-35-19-13-28(40)36-14-19/h5-12,16,19,35H,13-15H2,1-4H3,(H,36,40)(H,37,41). The van der Waals surface area contributed by atoms with Crippen molar-refractivity contribution in [3.63, 3.8) is 0 Å². The first kappa shape index (κ1) is 30.4. The molecule has 1 atom stereocenters. The van der Waals surface area contributed by atoms with E-state index in [9.17, 15) is 19.2 Å². The summed E-state index contributed by atoms with van der Waals surface area (Å²) in [6.07, 6.45) is 1.47. The van der Waals surface area contributed by atoms with E-state index < -0.39 is 28.8 Å². The van der Waals surface area contributed by atoms with Crippen LogP contribution in [0.25, 0.3) is 22.3 Å². The van der Waals surface area contributed by atoms with Gasteiger partial charge in [-0.3, -0.25) is 19.0 Å². The Balaban J connectivity index is 1.46. The molecule has 0 aliphatic carbocycles. The maximum absolute atomic E-state index is 16.1. The second kappa shape index (κ2) is 12.3. The molecule has 10 nitrogen and oxygen atoms in total. The SMILES string of the molecule is COc1cc(-c2cccc(-c3cccc(NC(=O)c4cn(C)c(=O)n(C)c4=O)c3C)c2F)cc(F)c1CNC1CNC(=O)C1. The molecule has 1 unspecified atom stereocenters. The third-order valence-electron chi connectivity index (χ3n) is 7.79. The molecule has 1 fully saturated rings. The number of aromatic nitrogens is 2. The predicted molar refractivity (Wildman–Crippen MR) is 162 cm³/mol. The summed E-state index contributed by atoms with van der Waals surface area (Å²) in [6.45, 7) is 2.28. The van der Waals surface area contributed by atoms with Crippen LogP contribution in [-0.2, 0) is 25.4 Å². The van der Waals surface area contributed by atoms with Crippen LogP contribution >= 0.6 is 0 Å². The highest BCUT2D eigenvalue weighted by atomic mass is 19.1. The van der Waals surface area contributed by atoms with E-state index in [-0.39, 0.29) is 52.1 Å².